The molecule has 0 radical (unpaired) electrons. The molecule has 7 aromatic rings. The molecule has 3 aliphatic rings. The smallest absolute Gasteiger partial charge is 0.123 e. The van der Waals surface area contributed by atoms with Crippen molar-refractivity contribution in [3.05, 3.63) is 239 Å². The molecule has 0 amide bonds. The number of nitrogens with two attached hydrogens (primary N) is 4. The summed E-state index contributed by atoms with van der Waals surface area (Å²) >= 11 is 0. The molecule has 16 heteroatoms. The number of hydrogen-bond donors (Lipinski definition) is 12. The fourth-order valence-corrected chi connectivity index (χ4v) is 14.7. The van der Waals surface area contributed by atoms with Crippen molar-refractivity contribution in [1.82, 2.24) is 21.8 Å². The minimum Gasteiger partial charge on any atom is -0.387 e. The Kier molecular flexibility index (Phi) is 18.5. The van der Waals surface area contributed by atoms with Crippen LogP contribution in [0.5, 0.6) is 0 Å². The van der Waals surface area contributed by atoms with Gasteiger partial charge in [0.2, 0.25) is 0 Å². The first-order chi connectivity index (χ1) is 41.4. The monoisotopic (exact) mass is 1160 g/mol. The van der Waals surface area contributed by atoms with E-state index in [2.05, 4.69) is 143 Å². The predicted molar refractivity (Wildman–Crippen MR) is 342 cm³/mol. The lowest BCUT2D eigenvalue weighted by molar-refractivity contribution is 0.0715. The molecule has 7 aromatic carbocycles. The lowest BCUT2D eigenvalue weighted by Gasteiger charge is -2.38. The summed E-state index contributed by atoms with van der Waals surface area (Å²) in [5, 5.41) is 35.7. The van der Waals surface area contributed by atoms with Gasteiger partial charge in [-0.05, 0) is 204 Å². The molecule has 0 saturated heterocycles. The van der Waals surface area contributed by atoms with Crippen molar-refractivity contribution in [2.75, 3.05) is 40.2 Å². The third-order valence-corrected chi connectivity index (χ3v) is 18.4. The van der Waals surface area contributed by atoms with Gasteiger partial charge >= 0.3 is 0 Å². The van der Waals surface area contributed by atoms with Crippen LogP contribution in [0.4, 0.5) is 10.1 Å². The first-order valence-corrected chi connectivity index (χ1v) is 30.0. The average molecular weight is 1160 g/mol. The molecule has 16 N–H and O–H groups in total. The van der Waals surface area contributed by atoms with Crippen LogP contribution in [-0.4, -0.2) is 64.5 Å². The molecular formula is C70H85FN12O3. The molecular weight excluding hydrogens is 1080 g/mol. The third-order valence-electron chi connectivity index (χ3n) is 18.4. The van der Waals surface area contributed by atoms with Crippen molar-refractivity contribution in [2.24, 2.45) is 22.9 Å². The quantitative estimate of drug-likeness (QED) is 0.0182. The standard InChI is InChI=1S/C70H85FN12O3/c1-41-8-24-57-45(32-41)10-12-47-34-51(16-26-58(47)68(57,30-31-72)67(78)81-56-22-20-55(71)21-23-56)63(82-85-6)52-17-27-59-48(35-52)14-15-49-36-53(18-28-60(49)69(59,65(75)76)38-42(2)73)64(83-86-7)54-19-29-62-50(37-54)13-11-46-33-44(40-80-84-5)9-25-61(46)70(62,39-43(3)74)66(77)79-4/h8-9,16-29,32-37,42-43,63-64,80,82-83H,10-15,30-31,38-40,72-74H2,1-7H3,(H3,75,76)(H2,77,79)(H2,78,81)/t42-,43-,63?,64?,68?,69?,70?/m0/s1. The van der Waals surface area contributed by atoms with Gasteiger partial charge in [-0.1, -0.05) is 115 Å². The molecule has 7 atom stereocenters. The molecule has 0 aromatic heterocycles. The summed E-state index contributed by atoms with van der Waals surface area (Å²) in [6, 6.07) is 43.9. The average Bonchev–Trinajstić information content (AvgIpc) is 2.86. The van der Waals surface area contributed by atoms with E-state index in [-0.39, 0.29) is 29.6 Å². The normalized spacial score (nSPS) is 19.9. The highest BCUT2D eigenvalue weighted by Crippen LogP contribution is 2.49. The number of fused-ring (bicyclic) bond motifs is 6. The highest BCUT2D eigenvalue weighted by molar-refractivity contribution is 6.04. The van der Waals surface area contributed by atoms with Crippen molar-refractivity contribution >= 4 is 23.2 Å². The summed E-state index contributed by atoms with van der Waals surface area (Å²) in [4.78, 5) is 16.9. The Morgan fingerprint density at radius 2 is 0.942 bits per heavy atom. The van der Waals surface area contributed by atoms with Crippen molar-refractivity contribution in [2.45, 2.75) is 126 Å². The molecule has 0 saturated carbocycles. The number of hydrogen-bond acceptors (Lipinski definition) is 12. The first-order valence-electron chi connectivity index (χ1n) is 30.0. The molecule has 0 fully saturated rings. The van der Waals surface area contributed by atoms with Crippen LogP contribution in [0.3, 0.4) is 0 Å². The van der Waals surface area contributed by atoms with Crippen LogP contribution in [0, 0.1) is 29.0 Å². The fraction of sp³-hybridized carbons (Fsp3) is 0.357. The van der Waals surface area contributed by atoms with Crippen molar-refractivity contribution in [1.29, 1.82) is 16.2 Å². The van der Waals surface area contributed by atoms with E-state index in [0.29, 0.717) is 56.7 Å². The van der Waals surface area contributed by atoms with Gasteiger partial charge in [0.15, 0.2) is 0 Å². The van der Waals surface area contributed by atoms with Crippen molar-refractivity contribution in [3.63, 3.8) is 0 Å². The molecule has 15 nitrogen and oxygen atoms in total. The Labute approximate surface area is 506 Å². The fourth-order valence-electron chi connectivity index (χ4n) is 14.7. The van der Waals surface area contributed by atoms with Gasteiger partial charge in [-0.15, -0.1) is 0 Å². The summed E-state index contributed by atoms with van der Waals surface area (Å²) in [5.41, 5.74) is 53.5. The highest BCUT2D eigenvalue weighted by atomic mass is 19.1. The van der Waals surface area contributed by atoms with Crippen molar-refractivity contribution < 1.29 is 18.9 Å². The maximum atomic E-state index is 14.1. The Bertz CT molecular complexity index is 3660. The van der Waals surface area contributed by atoms with E-state index in [4.69, 9.17) is 37.4 Å². The van der Waals surface area contributed by atoms with Gasteiger partial charge in [-0.3, -0.25) is 16.2 Å². The number of likely N-dealkylation sites (N-methyl/N-ethyl adjacent to an activating group) is 1. The minimum absolute atomic E-state index is 0.0245. The summed E-state index contributed by atoms with van der Waals surface area (Å²) in [7, 11) is 6.70. The van der Waals surface area contributed by atoms with E-state index in [9.17, 15) is 20.6 Å². The number of amidine groups is 3. The summed E-state index contributed by atoms with van der Waals surface area (Å²) in [6.07, 6.45) is 5.74. The van der Waals surface area contributed by atoms with E-state index in [0.717, 1.165) is 120 Å². The number of aryl methyl sites for hydroxylation is 7. The second-order valence-corrected chi connectivity index (χ2v) is 24.0. The van der Waals surface area contributed by atoms with Crippen LogP contribution in [0.15, 0.2) is 133 Å². The van der Waals surface area contributed by atoms with Crippen LogP contribution >= 0.6 is 0 Å². The summed E-state index contributed by atoms with van der Waals surface area (Å²) in [6.45, 7) is 6.96. The number of benzene rings is 7. The van der Waals surface area contributed by atoms with E-state index in [1.54, 1.807) is 33.5 Å². The Morgan fingerprint density at radius 3 is 1.36 bits per heavy atom. The first kappa shape index (κ1) is 61.6. The van der Waals surface area contributed by atoms with Gasteiger partial charge < -0.3 is 48.1 Å². The van der Waals surface area contributed by atoms with Crippen LogP contribution < -0.4 is 50.0 Å². The number of nitrogens with one attached hydrogen (secondary N) is 8. The largest absolute Gasteiger partial charge is 0.387 e. The van der Waals surface area contributed by atoms with Gasteiger partial charge in [0.25, 0.3) is 0 Å². The van der Waals surface area contributed by atoms with E-state index in [1.165, 1.54) is 17.7 Å². The van der Waals surface area contributed by atoms with Gasteiger partial charge in [-0.25, -0.2) is 4.39 Å². The van der Waals surface area contributed by atoms with Crippen molar-refractivity contribution in [3.8, 4) is 0 Å². The van der Waals surface area contributed by atoms with Gasteiger partial charge in [0.1, 0.15) is 23.3 Å². The minimum atomic E-state index is -1.04. The number of halogens is 1. The van der Waals surface area contributed by atoms with Crippen LogP contribution in [0.25, 0.3) is 0 Å². The SMILES string of the molecule is CNC(=N)C1(C[C@H](C)N)c2ccc(CNOC)cc2CCc2cc(C(NOC)c3ccc4c(c3)CCc3cc(C(NOC)c5ccc6c(c5)CCc5cc(C)ccc5C6(CCN)C(=N)Nc5ccc(F)cc5)ccc3C4(C[C@H](C)N)C(=N)N)ccc21. The molecule has 450 valence electrons. The molecule has 86 heavy (non-hydrogen) atoms. The third kappa shape index (κ3) is 11.4. The van der Waals surface area contributed by atoms with Gasteiger partial charge in [-0.2, -0.15) is 16.4 Å². The Morgan fingerprint density at radius 1 is 0.535 bits per heavy atom. The molecule has 0 spiro atoms. The summed E-state index contributed by atoms with van der Waals surface area (Å²) in [5.74, 6) is 0.341. The lowest BCUT2D eigenvalue weighted by Crippen LogP contribution is -2.47. The molecule has 0 aliphatic heterocycles. The van der Waals surface area contributed by atoms with Crippen LogP contribution in [0.2, 0.25) is 0 Å². The zero-order valence-electron chi connectivity index (χ0n) is 50.7. The lowest BCUT2D eigenvalue weighted by atomic mass is 9.67. The highest BCUT2D eigenvalue weighted by Gasteiger charge is 2.47. The molecule has 0 bridgehead atoms. The zero-order valence-corrected chi connectivity index (χ0v) is 50.7. The Hall–Kier alpha value is -7.48. The van der Waals surface area contributed by atoms with Crippen LogP contribution in [0.1, 0.15) is 145 Å². The van der Waals surface area contributed by atoms with E-state index in [1.807, 2.05) is 20.9 Å². The second kappa shape index (κ2) is 25.8. The molecule has 10 rings (SSSR count). The van der Waals surface area contributed by atoms with Crippen LogP contribution in [-0.2, 0) is 75.8 Å². The second-order valence-electron chi connectivity index (χ2n) is 24.0. The zero-order chi connectivity index (χ0) is 61.1. The maximum absolute atomic E-state index is 14.1. The molecule has 3 aliphatic carbocycles. The summed E-state index contributed by atoms with van der Waals surface area (Å²) < 4.78 is 14.1. The van der Waals surface area contributed by atoms with Gasteiger partial charge in [0.05, 0.1) is 49.7 Å². The van der Waals surface area contributed by atoms with Gasteiger partial charge in [0, 0.05) is 31.4 Å². The maximum Gasteiger partial charge on any atom is 0.123 e. The van der Waals surface area contributed by atoms with E-state index < -0.39 is 28.3 Å². The predicted octanol–water partition coefficient (Wildman–Crippen LogP) is 9.47. The number of hydroxylamine groups is 3. The number of anilines is 1. The Balaban J connectivity index is 1.03. The van der Waals surface area contributed by atoms with E-state index >= 15 is 0 Å². The molecule has 5 unspecified atom stereocenters. The topological polar surface area (TPSA) is 263 Å². The number of rotatable bonds is 21. The molecule has 0 heterocycles.